The molecule has 0 radical (unpaired) electrons. The molecule has 0 aliphatic rings. The molecule has 0 spiro atoms. The van der Waals surface area contributed by atoms with Crippen LogP contribution in [0.4, 0.5) is 5.82 Å². The molecule has 134 valence electrons. The van der Waals surface area contributed by atoms with Gasteiger partial charge in [-0.3, -0.25) is 10.3 Å². The maximum absolute atomic E-state index is 11.0. The van der Waals surface area contributed by atoms with Crippen LogP contribution in [-0.2, 0) is 0 Å². The van der Waals surface area contributed by atoms with Crippen LogP contribution in [0.3, 0.4) is 0 Å². The second-order valence-electron chi connectivity index (χ2n) is 6.61. The molecule has 27 heavy (non-hydrogen) atoms. The normalized spacial score (nSPS) is 12.1. The largest absolute Gasteiger partial charge is 0.505 e. The molecular formula is C22H21N4O+. The van der Waals surface area contributed by atoms with E-state index in [1.807, 2.05) is 74.5 Å². The van der Waals surface area contributed by atoms with Gasteiger partial charge in [0.25, 0.3) is 5.82 Å². The number of nitrogens with zero attached hydrogens (tertiary/aromatic N) is 2. The van der Waals surface area contributed by atoms with E-state index in [1.165, 1.54) is 0 Å². The first-order valence-electron chi connectivity index (χ1n) is 8.87. The van der Waals surface area contributed by atoms with Crippen molar-refractivity contribution in [3.05, 3.63) is 89.5 Å². The molecule has 3 N–H and O–H groups in total. The number of hydrogen-bond donors (Lipinski definition) is 2. The Labute approximate surface area is 157 Å². The van der Waals surface area contributed by atoms with Gasteiger partial charge in [0, 0.05) is 28.9 Å². The Hall–Kier alpha value is -3.47. The van der Waals surface area contributed by atoms with E-state index in [0.29, 0.717) is 5.52 Å². The summed E-state index contributed by atoms with van der Waals surface area (Å²) in [6, 6.07) is 19.2. The highest BCUT2D eigenvalue weighted by Gasteiger charge is 2.25. The molecule has 3 aromatic heterocycles. The van der Waals surface area contributed by atoms with Gasteiger partial charge in [0.2, 0.25) is 0 Å². The lowest BCUT2D eigenvalue weighted by molar-refractivity contribution is -0.371. The second kappa shape index (κ2) is 7.03. The second-order valence-corrected chi connectivity index (χ2v) is 6.61. The fourth-order valence-corrected chi connectivity index (χ4v) is 3.20. The van der Waals surface area contributed by atoms with Crippen LogP contribution in [0.2, 0.25) is 0 Å². The number of aromatic amines is 1. The number of rotatable bonds is 4. The smallest absolute Gasteiger partial charge is 0.273 e. The van der Waals surface area contributed by atoms with E-state index in [9.17, 15) is 5.11 Å². The number of H-pyrrole nitrogens is 1. The maximum Gasteiger partial charge on any atom is 0.273 e. The number of anilines is 1. The summed E-state index contributed by atoms with van der Waals surface area (Å²) >= 11 is 0. The molecule has 0 fully saturated rings. The van der Waals surface area contributed by atoms with Crippen molar-refractivity contribution in [2.24, 2.45) is 0 Å². The van der Waals surface area contributed by atoms with Crippen LogP contribution >= 0.6 is 0 Å². The Bertz CT molecular complexity index is 1100. The molecule has 0 saturated heterocycles. The zero-order valence-electron chi connectivity index (χ0n) is 15.3. The highest BCUT2D eigenvalue weighted by Crippen LogP contribution is 2.35. The number of aryl methyl sites for hydroxylation is 2. The van der Waals surface area contributed by atoms with Crippen molar-refractivity contribution in [3.63, 3.8) is 0 Å². The fourth-order valence-electron chi connectivity index (χ4n) is 3.20. The Balaban J connectivity index is 1.86. The topological polar surface area (TPSA) is 72.2 Å². The lowest BCUT2D eigenvalue weighted by Crippen LogP contribution is -2.21. The van der Waals surface area contributed by atoms with E-state index in [0.717, 1.165) is 33.8 Å². The molecule has 3 heterocycles. The van der Waals surface area contributed by atoms with E-state index in [4.69, 9.17) is 0 Å². The van der Waals surface area contributed by atoms with Crippen molar-refractivity contribution in [1.82, 2.24) is 9.97 Å². The number of aromatic nitrogens is 3. The van der Waals surface area contributed by atoms with Crippen LogP contribution in [-0.4, -0.2) is 15.1 Å². The van der Waals surface area contributed by atoms with Gasteiger partial charge in [-0.05, 0) is 44.2 Å². The first-order valence-corrected chi connectivity index (χ1v) is 8.87. The van der Waals surface area contributed by atoms with E-state index in [2.05, 4.69) is 20.3 Å². The Morgan fingerprint density at radius 1 is 0.963 bits per heavy atom. The first-order chi connectivity index (χ1) is 13.1. The molecule has 4 aromatic rings. The van der Waals surface area contributed by atoms with Gasteiger partial charge in [0.05, 0.1) is 11.4 Å². The van der Waals surface area contributed by atoms with Crippen LogP contribution in [0.1, 0.15) is 28.7 Å². The number of nitrogens with one attached hydrogen (secondary N) is 2. The maximum atomic E-state index is 11.0. The molecule has 1 aromatic carbocycles. The van der Waals surface area contributed by atoms with Crippen molar-refractivity contribution in [1.29, 1.82) is 0 Å². The van der Waals surface area contributed by atoms with Crippen LogP contribution in [0.15, 0.2) is 66.9 Å². The highest BCUT2D eigenvalue weighted by molar-refractivity contribution is 5.86. The summed E-state index contributed by atoms with van der Waals surface area (Å²) in [7, 11) is 0. The zero-order valence-corrected chi connectivity index (χ0v) is 15.3. The zero-order chi connectivity index (χ0) is 18.8. The summed E-state index contributed by atoms with van der Waals surface area (Å²) in [6.45, 7) is 3.92. The third kappa shape index (κ3) is 3.44. The number of phenolic OH excluding ortho intramolecular Hbond substituents is 1. The van der Waals surface area contributed by atoms with Crippen LogP contribution in [0, 0.1) is 13.8 Å². The third-order valence-corrected chi connectivity index (χ3v) is 4.54. The van der Waals surface area contributed by atoms with E-state index >= 15 is 0 Å². The lowest BCUT2D eigenvalue weighted by Gasteiger charge is -2.17. The van der Waals surface area contributed by atoms with E-state index in [1.54, 1.807) is 6.20 Å². The Kier molecular flexibility index (Phi) is 4.42. The summed E-state index contributed by atoms with van der Waals surface area (Å²) in [6.07, 6.45) is 1.75. The molecule has 0 bridgehead atoms. The Morgan fingerprint density at radius 3 is 2.59 bits per heavy atom. The summed E-state index contributed by atoms with van der Waals surface area (Å²) in [5.74, 6) is 1.02. The number of benzene rings is 1. The quantitative estimate of drug-likeness (QED) is 0.580. The lowest BCUT2D eigenvalue weighted by atomic mass is 9.99. The van der Waals surface area contributed by atoms with Gasteiger partial charge >= 0.3 is 0 Å². The molecule has 0 saturated carbocycles. The molecule has 1 atom stereocenters. The van der Waals surface area contributed by atoms with Gasteiger partial charge in [0.1, 0.15) is 11.3 Å². The number of pyridine rings is 3. The van der Waals surface area contributed by atoms with Crippen molar-refractivity contribution in [2.45, 2.75) is 19.9 Å². The van der Waals surface area contributed by atoms with Crippen LogP contribution in [0.25, 0.3) is 10.9 Å². The Morgan fingerprint density at radius 2 is 1.81 bits per heavy atom. The minimum Gasteiger partial charge on any atom is -0.505 e. The summed E-state index contributed by atoms with van der Waals surface area (Å²) in [5.41, 5.74) is 4.05. The van der Waals surface area contributed by atoms with Gasteiger partial charge in [-0.1, -0.05) is 24.3 Å². The van der Waals surface area contributed by atoms with Crippen molar-refractivity contribution in [3.8, 4) is 5.75 Å². The number of fused-ring (bicyclic) bond motifs is 1. The molecule has 5 heteroatoms. The SMILES string of the molecule is Cc1ccc2ccc([C@H](Nc3cccc(C)[nH+]3)c3ccccn3)c(O)c2n1. The molecule has 0 aliphatic heterocycles. The van der Waals surface area contributed by atoms with Gasteiger partial charge in [-0.15, -0.1) is 0 Å². The predicted molar refractivity (Wildman–Crippen MR) is 106 cm³/mol. The van der Waals surface area contributed by atoms with Crippen LogP contribution in [0.5, 0.6) is 5.75 Å². The number of hydrogen-bond acceptors (Lipinski definition) is 4. The summed E-state index contributed by atoms with van der Waals surface area (Å²) in [5, 5.41) is 15.4. The summed E-state index contributed by atoms with van der Waals surface area (Å²) in [4.78, 5) is 12.3. The molecule has 0 amide bonds. The molecule has 5 nitrogen and oxygen atoms in total. The fraction of sp³-hybridized carbons (Fsp3) is 0.136. The average molecular weight is 357 g/mol. The van der Waals surface area contributed by atoms with Gasteiger partial charge < -0.3 is 5.11 Å². The van der Waals surface area contributed by atoms with Crippen molar-refractivity contribution < 1.29 is 10.1 Å². The molecule has 0 unspecified atom stereocenters. The van der Waals surface area contributed by atoms with Crippen molar-refractivity contribution >= 4 is 16.7 Å². The standard InChI is InChI=1S/C22H20N4O/c1-14-6-5-8-19(24-14)26-21(18-7-3-4-13-23-18)17-12-11-16-10-9-15(2)25-20(16)22(17)27/h3-13,21,27H,1-2H3,(H,24,26)/p+1/t21-/m0/s1. The van der Waals surface area contributed by atoms with Crippen LogP contribution < -0.4 is 10.3 Å². The molecule has 4 rings (SSSR count). The van der Waals surface area contributed by atoms with E-state index in [-0.39, 0.29) is 11.8 Å². The molecular weight excluding hydrogens is 336 g/mol. The summed E-state index contributed by atoms with van der Waals surface area (Å²) < 4.78 is 0. The minimum atomic E-state index is -0.323. The van der Waals surface area contributed by atoms with Gasteiger partial charge in [-0.2, -0.15) is 0 Å². The highest BCUT2D eigenvalue weighted by atomic mass is 16.3. The predicted octanol–water partition coefficient (Wildman–Crippen LogP) is 3.97. The minimum absolute atomic E-state index is 0.173. The van der Waals surface area contributed by atoms with Gasteiger partial charge in [-0.25, -0.2) is 9.97 Å². The first kappa shape index (κ1) is 17.0. The van der Waals surface area contributed by atoms with Gasteiger partial charge in [0.15, 0.2) is 6.04 Å². The average Bonchev–Trinajstić information content (AvgIpc) is 2.68. The molecule has 0 aliphatic carbocycles. The monoisotopic (exact) mass is 357 g/mol. The van der Waals surface area contributed by atoms with E-state index < -0.39 is 0 Å². The third-order valence-electron chi connectivity index (χ3n) is 4.54. The number of phenols is 1. The number of aromatic hydroxyl groups is 1. The van der Waals surface area contributed by atoms with Crippen molar-refractivity contribution in [2.75, 3.05) is 5.32 Å².